The lowest BCUT2D eigenvalue weighted by molar-refractivity contribution is 0.0696. The van der Waals surface area contributed by atoms with Gasteiger partial charge in [-0.1, -0.05) is 29.8 Å². The first kappa shape index (κ1) is 18.6. The molecule has 0 spiro atoms. The summed E-state index contributed by atoms with van der Waals surface area (Å²) in [7, 11) is 0. The van der Waals surface area contributed by atoms with E-state index in [2.05, 4.69) is 4.98 Å². The summed E-state index contributed by atoms with van der Waals surface area (Å²) in [4.78, 5) is 14.6. The van der Waals surface area contributed by atoms with Crippen LogP contribution in [-0.2, 0) is 0 Å². The van der Waals surface area contributed by atoms with Crippen LogP contribution in [0.2, 0.25) is 5.02 Å². The molecule has 2 aromatic carbocycles. The third-order valence-electron chi connectivity index (χ3n) is 3.07. The zero-order valence-electron chi connectivity index (χ0n) is 12.7. The van der Waals surface area contributed by atoms with Crippen molar-refractivity contribution in [3.8, 4) is 11.3 Å². The molecule has 4 N–H and O–H groups in total. The molecule has 0 radical (unpaired) electrons. The molecule has 0 saturated carbocycles. The van der Waals surface area contributed by atoms with E-state index >= 15 is 0 Å². The number of thiazole rings is 1. The lowest BCUT2D eigenvalue weighted by Gasteiger charge is -1.98. The first-order valence-electron chi connectivity index (χ1n) is 6.91. The quantitative estimate of drug-likeness (QED) is 0.582. The van der Waals surface area contributed by atoms with E-state index in [-0.39, 0.29) is 11.1 Å². The first-order chi connectivity index (χ1) is 11.9. The van der Waals surface area contributed by atoms with E-state index in [0.29, 0.717) is 10.2 Å². The Bertz CT molecular complexity index is 914. The second-order valence-electron chi connectivity index (χ2n) is 4.73. The van der Waals surface area contributed by atoms with Gasteiger partial charge in [-0.3, -0.25) is 0 Å². The van der Waals surface area contributed by atoms with Gasteiger partial charge in [-0.2, -0.15) is 0 Å². The van der Waals surface area contributed by atoms with Crippen molar-refractivity contribution in [1.29, 1.82) is 5.41 Å². The lowest BCUT2D eigenvalue weighted by atomic mass is 10.1. The number of hydrogen-bond donors (Lipinski definition) is 3. The summed E-state index contributed by atoms with van der Waals surface area (Å²) >= 11 is 7.41. The number of nitrogens with one attached hydrogen (secondary N) is 1. The molecule has 5 nitrogen and oxygen atoms in total. The fraction of sp³-hybridized carbons (Fsp3) is 0. The van der Waals surface area contributed by atoms with Gasteiger partial charge in [0, 0.05) is 27.7 Å². The zero-order chi connectivity index (χ0) is 18.4. The molecule has 3 rings (SSSR count). The van der Waals surface area contributed by atoms with Crippen molar-refractivity contribution >= 4 is 40.3 Å². The maximum Gasteiger partial charge on any atom is 0.336 e. The Labute approximate surface area is 152 Å². The molecule has 128 valence electrons. The Balaban J connectivity index is 0.000000181. The average Bonchev–Trinajstić information content (AvgIpc) is 3.02. The number of nitrogens with zero attached hydrogens (tertiary/aromatic N) is 1. The molecule has 0 bridgehead atoms. The molecule has 0 aliphatic carbocycles. The number of aromatic carboxylic acids is 1. The highest BCUT2D eigenvalue weighted by Crippen LogP contribution is 2.28. The van der Waals surface area contributed by atoms with Crippen LogP contribution in [0.3, 0.4) is 0 Å². The fourth-order valence-electron chi connectivity index (χ4n) is 1.92. The van der Waals surface area contributed by atoms with Crippen LogP contribution in [0.5, 0.6) is 0 Å². The number of aromatic nitrogens is 1. The second kappa shape index (κ2) is 8.36. The van der Waals surface area contributed by atoms with Crippen molar-refractivity contribution in [2.75, 3.05) is 5.73 Å². The van der Waals surface area contributed by atoms with Crippen LogP contribution in [0.4, 0.5) is 9.52 Å². The molecule has 0 atom stereocenters. The van der Waals surface area contributed by atoms with Crippen LogP contribution in [0.1, 0.15) is 15.9 Å². The molecule has 0 saturated heterocycles. The zero-order valence-corrected chi connectivity index (χ0v) is 14.3. The van der Waals surface area contributed by atoms with E-state index in [1.807, 2.05) is 29.6 Å². The summed E-state index contributed by atoms with van der Waals surface area (Å²) in [6.45, 7) is 0. The largest absolute Gasteiger partial charge is 0.478 e. The highest BCUT2D eigenvalue weighted by Gasteiger charge is 2.08. The number of nitrogen functional groups attached to an aromatic ring is 1. The standard InChI is InChI=1S/C9H7ClN2S.C8H6FNO2/c10-7-4-2-1-3-6(7)8-5-13-9(11)12-8;9-6-2-1-5(4-10)7(3-6)8(11)12/h1-5H,(H2,11,12);1-4,10H,(H,11,12). The van der Waals surface area contributed by atoms with Gasteiger partial charge in [-0.15, -0.1) is 11.3 Å². The Morgan fingerprint density at radius 3 is 2.60 bits per heavy atom. The van der Waals surface area contributed by atoms with Crippen LogP contribution in [0.15, 0.2) is 47.8 Å². The third kappa shape index (κ3) is 4.85. The summed E-state index contributed by atoms with van der Waals surface area (Å²) in [6.07, 6.45) is 0.878. The minimum Gasteiger partial charge on any atom is -0.478 e. The van der Waals surface area contributed by atoms with Crippen LogP contribution in [0, 0.1) is 11.2 Å². The number of rotatable bonds is 3. The van der Waals surface area contributed by atoms with Crippen molar-refractivity contribution in [3.63, 3.8) is 0 Å². The summed E-state index contributed by atoms with van der Waals surface area (Å²) in [5.41, 5.74) is 7.31. The Hall–Kier alpha value is -2.77. The van der Waals surface area contributed by atoms with Gasteiger partial charge in [0.25, 0.3) is 0 Å². The number of nitrogens with two attached hydrogens (primary N) is 1. The lowest BCUT2D eigenvalue weighted by Crippen LogP contribution is -2.02. The van der Waals surface area contributed by atoms with E-state index in [1.165, 1.54) is 17.4 Å². The normalized spacial score (nSPS) is 9.84. The maximum absolute atomic E-state index is 12.5. The number of benzene rings is 2. The Morgan fingerprint density at radius 2 is 2.04 bits per heavy atom. The number of halogens is 2. The van der Waals surface area contributed by atoms with Crippen LogP contribution >= 0.6 is 22.9 Å². The highest BCUT2D eigenvalue weighted by atomic mass is 35.5. The maximum atomic E-state index is 12.5. The third-order valence-corrected chi connectivity index (χ3v) is 4.08. The number of anilines is 1. The number of carboxylic acids is 1. The van der Waals surface area contributed by atoms with E-state index in [9.17, 15) is 9.18 Å². The summed E-state index contributed by atoms with van der Waals surface area (Å²) in [5.74, 6) is -1.84. The molecule has 0 unspecified atom stereocenters. The molecular weight excluding hydrogens is 365 g/mol. The van der Waals surface area contributed by atoms with Gasteiger partial charge in [0.1, 0.15) is 5.82 Å². The van der Waals surface area contributed by atoms with Crippen molar-refractivity contribution in [1.82, 2.24) is 4.98 Å². The van der Waals surface area contributed by atoms with E-state index in [0.717, 1.165) is 29.6 Å². The van der Waals surface area contributed by atoms with Gasteiger partial charge in [0.05, 0.1) is 11.3 Å². The number of hydrogen-bond acceptors (Lipinski definition) is 5. The fourth-order valence-corrected chi connectivity index (χ4v) is 2.72. The molecule has 0 fully saturated rings. The van der Waals surface area contributed by atoms with E-state index in [1.54, 1.807) is 0 Å². The Kier molecular flexibility index (Phi) is 6.21. The van der Waals surface area contributed by atoms with Crippen molar-refractivity contribution in [2.45, 2.75) is 0 Å². The molecule has 0 aliphatic heterocycles. The molecule has 0 amide bonds. The van der Waals surface area contributed by atoms with Crippen LogP contribution in [0.25, 0.3) is 11.3 Å². The molecular formula is C17H13ClFN3O2S. The van der Waals surface area contributed by atoms with Gasteiger partial charge in [0.15, 0.2) is 5.13 Å². The van der Waals surface area contributed by atoms with Gasteiger partial charge >= 0.3 is 5.97 Å². The summed E-state index contributed by atoms with van der Waals surface area (Å²) in [5, 5.41) is 18.6. The van der Waals surface area contributed by atoms with E-state index in [4.69, 9.17) is 27.9 Å². The smallest absolute Gasteiger partial charge is 0.336 e. The molecule has 3 aromatic rings. The average molecular weight is 378 g/mol. The van der Waals surface area contributed by atoms with Crippen molar-refractivity contribution < 1.29 is 14.3 Å². The molecule has 25 heavy (non-hydrogen) atoms. The van der Waals surface area contributed by atoms with E-state index < -0.39 is 11.8 Å². The van der Waals surface area contributed by atoms with Crippen LogP contribution < -0.4 is 5.73 Å². The van der Waals surface area contributed by atoms with Crippen LogP contribution in [-0.4, -0.2) is 22.3 Å². The van der Waals surface area contributed by atoms with Gasteiger partial charge < -0.3 is 16.2 Å². The van der Waals surface area contributed by atoms with Gasteiger partial charge in [-0.25, -0.2) is 14.2 Å². The predicted octanol–water partition coefficient (Wildman–Crippen LogP) is 4.57. The van der Waals surface area contributed by atoms with Gasteiger partial charge in [0.2, 0.25) is 0 Å². The number of carbonyl (C=O) groups is 1. The SMILES string of the molecule is N=Cc1ccc(F)cc1C(=O)O.Nc1nc(-c2ccccc2Cl)cs1. The predicted molar refractivity (Wildman–Crippen MR) is 98.2 cm³/mol. The molecule has 8 heteroatoms. The second-order valence-corrected chi connectivity index (χ2v) is 6.03. The summed E-state index contributed by atoms with van der Waals surface area (Å²) < 4.78 is 12.5. The number of carboxylic acid groups (broad SMARTS) is 1. The molecule has 0 aliphatic rings. The monoisotopic (exact) mass is 377 g/mol. The summed E-state index contributed by atoms with van der Waals surface area (Å²) in [6, 6.07) is 10.9. The topological polar surface area (TPSA) is 100 Å². The minimum atomic E-state index is -1.23. The Morgan fingerprint density at radius 1 is 1.32 bits per heavy atom. The first-order valence-corrected chi connectivity index (χ1v) is 8.17. The molecule has 1 aromatic heterocycles. The minimum absolute atomic E-state index is 0.190. The van der Waals surface area contributed by atoms with Crippen molar-refractivity contribution in [2.24, 2.45) is 0 Å². The highest BCUT2D eigenvalue weighted by molar-refractivity contribution is 7.13. The molecule has 1 heterocycles. The van der Waals surface area contributed by atoms with Crippen molar-refractivity contribution in [3.05, 3.63) is 69.8 Å². The van der Waals surface area contributed by atoms with Gasteiger partial charge in [-0.05, 0) is 24.3 Å².